The quantitative estimate of drug-likeness (QED) is 0.873. The van der Waals surface area contributed by atoms with Crippen LogP contribution in [-0.2, 0) is 0 Å². The highest BCUT2D eigenvalue weighted by atomic mass is 79.9. The molecule has 104 valence electrons. The van der Waals surface area contributed by atoms with Gasteiger partial charge in [0, 0.05) is 28.5 Å². The zero-order chi connectivity index (χ0) is 13.9. The predicted octanol–water partition coefficient (Wildman–Crippen LogP) is 3.53. The molecule has 0 radical (unpaired) electrons. The maximum Gasteiger partial charge on any atom is 0.251 e. The number of nitrogens with zero attached hydrogens (tertiary/aromatic N) is 1. The molecule has 1 amide bonds. The van der Waals surface area contributed by atoms with E-state index in [1.165, 1.54) is 12.8 Å². The highest BCUT2D eigenvalue weighted by Crippen LogP contribution is 2.30. The second-order valence-electron chi connectivity index (χ2n) is 5.40. The van der Waals surface area contributed by atoms with Gasteiger partial charge in [0.05, 0.1) is 5.52 Å². The molecular weight excluding hydrogens is 316 g/mol. The summed E-state index contributed by atoms with van der Waals surface area (Å²) in [5.41, 5.74) is 1.63. The average molecular weight is 333 g/mol. The zero-order valence-corrected chi connectivity index (χ0v) is 12.8. The lowest BCUT2D eigenvalue weighted by Crippen LogP contribution is -2.28. The number of alkyl halides is 1. The number of aromatic nitrogens is 1. The minimum Gasteiger partial charge on any atom is -0.352 e. The molecule has 1 aromatic heterocycles. The van der Waals surface area contributed by atoms with Gasteiger partial charge in [-0.25, -0.2) is 0 Å². The topological polar surface area (TPSA) is 42.0 Å². The zero-order valence-electron chi connectivity index (χ0n) is 11.2. The van der Waals surface area contributed by atoms with Crippen LogP contribution in [0.25, 0.3) is 10.9 Å². The van der Waals surface area contributed by atoms with Crippen LogP contribution in [-0.4, -0.2) is 22.3 Å². The Balaban J connectivity index is 1.66. The Bertz CT molecular complexity index is 629. The summed E-state index contributed by atoms with van der Waals surface area (Å²) < 4.78 is 0. The van der Waals surface area contributed by atoms with Crippen molar-refractivity contribution >= 4 is 32.7 Å². The molecule has 1 aliphatic carbocycles. The van der Waals surface area contributed by atoms with Crippen molar-refractivity contribution in [2.75, 3.05) is 6.54 Å². The first-order chi connectivity index (χ1) is 9.72. The van der Waals surface area contributed by atoms with Gasteiger partial charge in [-0.3, -0.25) is 9.78 Å². The third-order valence-electron chi connectivity index (χ3n) is 3.89. The summed E-state index contributed by atoms with van der Waals surface area (Å²) in [7, 11) is 0. The van der Waals surface area contributed by atoms with Gasteiger partial charge in [-0.05, 0) is 49.4 Å². The maximum atomic E-state index is 12.2. The number of hydrogen-bond donors (Lipinski definition) is 1. The summed E-state index contributed by atoms with van der Waals surface area (Å²) in [5, 5.41) is 4.05. The van der Waals surface area contributed by atoms with Crippen molar-refractivity contribution in [2.24, 2.45) is 5.92 Å². The van der Waals surface area contributed by atoms with Gasteiger partial charge in [-0.1, -0.05) is 22.0 Å². The second-order valence-corrected chi connectivity index (χ2v) is 6.69. The van der Waals surface area contributed by atoms with E-state index in [0.717, 1.165) is 23.9 Å². The van der Waals surface area contributed by atoms with Crippen LogP contribution >= 0.6 is 15.9 Å². The lowest BCUT2D eigenvalue weighted by molar-refractivity contribution is 0.0947. The molecule has 0 aliphatic heterocycles. The van der Waals surface area contributed by atoms with E-state index in [-0.39, 0.29) is 5.91 Å². The van der Waals surface area contributed by atoms with Crippen LogP contribution in [0.4, 0.5) is 0 Å². The Morgan fingerprint density at radius 2 is 2.25 bits per heavy atom. The fourth-order valence-electron chi connectivity index (χ4n) is 2.76. The van der Waals surface area contributed by atoms with E-state index in [0.29, 0.717) is 16.3 Å². The number of hydrogen-bond acceptors (Lipinski definition) is 2. The first kappa shape index (κ1) is 13.6. The molecule has 1 N–H and O–H groups in total. The van der Waals surface area contributed by atoms with Crippen LogP contribution < -0.4 is 5.32 Å². The molecule has 1 fully saturated rings. The van der Waals surface area contributed by atoms with Crippen molar-refractivity contribution < 1.29 is 4.79 Å². The molecule has 2 unspecified atom stereocenters. The smallest absolute Gasteiger partial charge is 0.251 e. The van der Waals surface area contributed by atoms with E-state index in [9.17, 15) is 4.79 Å². The van der Waals surface area contributed by atoms with Gasteiger partial charge < -0.3 is 5.32 Å². The Labute approximate surface area is 126 Å². The normalized spacial score (nSPS) is 22.1. The Hall–Kier alpha value is -1.42. The number of nitrogens with one attached hydrogen (secondary N) is 1. The van der Waals surface area contributed by atoms with Crippen molar-refractivity contribution in [3.05, 3.63) is 42.1 Å². The number of benzene rings is 1. The molecule has 4 heteroatoms. The molecule has 1 saturated carbocycles. The molecular formula is C16H17BrN2O. The molecule has 0 bridgehead atoms. The van der Waals surface area contributed by atoms with Crippen molar-refractivity contribution in [1.82, 2.24) is 10.3 Å². The van der Waals surface area contributed by atoms with Crippen LogP contribution in [0.15, 0.2) is 36.5 Å². The van der Waals surface area contributed by atoms with Crippen LogP contribution in [0.2, 0.25) is 0 Å². The van der Waals surface area contributed by atoms with Gasteiger partial charge in [0.15, 0.2) is 0 Å². The fourth-order valence-corrected chi connectivity index (χ4v) is 3.55. The Morgan fingerprint density at radius 3 is 3.05 bits per heavy atom. The number of fused-ring (bicyclic) bond motifs is 1. The van der Waals surface area contributed by atoms with E-state index in [4.69, 9.17) is 0 Å². The summed E-state index contributed by atoms with van der Waals surface area (Å²) in [6, 6.07) is 9.50. The standard InChI is InChI=1S/C16H17BrN2O/c17-14-5-3-11(8-14)10-19-16(20)13-4-6-15-12(9-13)2-1-7-18-15/h1-2,4,6-7,9,11,14H,3,5,8,10H2,(H,19,20). The number of amides is 1. The summed E-state index contributed by atoms with van der Waals surface area (Å²) >= 11 is 3.64. The van der Waals surface area contributed by atoms with Crippen LogP contribution in [0.1, 0.15) is 29.6 Å². The van der Waals surface area contributed by atoms with E-state index in [1.54, 1.807) is 6.20 Å². The monoisotopic (exact) mass is 332 g/mol. The minimum absolute atomic E-state index is 0.00813. The summed E-state index contributed by atoms with van der Waals surface area (Å²) in [5.74, 6) is 0.610. The van der Waals surface area contributed by atoms with E-state index in [2.05, 4.69) is 26.2 Å². The summed E-state index contributed by atoms with van der Waals surface area (Å²) in [4.78, 5) is 17.1. The van der Waals surface area contributed by atoms with Gasteiger partial charge in [0.1, 0.15) is 0 Å². The highest BCUT2D eigenvalue weighted by Gasteiger charge is 2.22. The van der Waals surface area contributed by atoms with Gasteiger partial charge in [-0.15, -0.1) is 0 Å². The molecule has 2 atom stereocenters. The number of carbonyl (C=O) groups excluding carboxylic acids is 1. The molecule has 20 heavy (non-hydrogen) atoms. The highest BCUT2D eigenvalue weighted by molar-refractivity contribution is 9.09. The molecule has 3 nitrogen and oxygen atoms in total. The van der Waals surface area contributed by atoms with E-state index in [1.807, 2.05) is 30.3 Å². The van der Waals surface area contributed by atoms with Gasteiger partial charge in [-0.2, -0.15) is 0 Å². The second kappa shape index (κ2) is 5.92. The fraction of sp³-hybridized carbons (Fsp3) is 0.375. The lowest BCUT2D eigenvalue weighted by atomic mass is 10.1. The summed E-state index contributed by atoms with van der Waals surface area (Å²) in [6.45, 7) is 0.770. The third-order valence-corrected chi connectivity index (χ3v) is 4.73. The van der Waals surface area contributed by atoms with Crippen molar-refractivity contribution in [2.45, 2.75) is 24.1 Å². The lowest BCUT2D eigenvalue weighted by Gasteiger charge is -2.11. The van der Waals surface area contributed by atoms with Crippen LogP contribution in [0, 0.1) is 5.92 Å². The number of halogens is 1. The van der Waals surface area contributed by atoms with E-state index < -0.39 is 0 Å². The van der Waals surface area contributed by atoms with Gasteiger partial charge >= 0.3 is 0 Å². The van der Waals surface area contributed by atoms with E-state index >= 15 is 0 Å². The maximum absolute atomic E-state index is 12.2. The molecule has 0 saturated heterocycles. The SMILES string of the molecule is O=C(NCC1CCC(Br)C1)c1ccc2ncccc2c1. The average Bonchev–Trinajstić information content (AvgIpc) is 2.90. The Kier molecular flexibility index (Phi) is 4.01. The summed E-state index contributed by atoms with van der Waals surface area (Å²) in [6.07, 6.45) is 5.32. The van der Waals surface area contributed by atoms with Crippen molar-refractivity contribution in [3.8, 4) is 0 Å². The molecule has 0 spiro atoms. The molecule has 1 aliphatic rings. The number of rotatable bonds is 3. The van der Waals surface area contributed by atoms with Crippen molar-refractivity contribution in [1.29, 1.82) is 0 Å². The Morgan fingerprint density at radius 1 is 1.35 bits per heavy atom. The molecule has 2 aromatic rings. The van der Waals surface area contributed by atoms with Crippen LogP contribution in [0.3, 0.4) is 0 Å². The minimum atomic E-state index is 0.00813. The first-order valence-electron chi connectivity index (χ1n) is 6.99. The van der Waals surface area contributed by atoms with Crippen molar-refractivity contribution in [3.63, 3.8) is 0 Å². The largest absolute Gasteiger partial charge is 0.352 e. The first-order valence-corrected chi connectivity index (χ1v) is 7.91. The van der Waals surface area contributed by atoms with Gasteiger partial charge in [0.2, 0.25) is 0 Å². The molecule has 1 aromatic carbocycles. The van der Waals surface area contributed by atoms with Gasteiger partial charge in [0.25, 0.3) is 5.91 Å². The molecule has 1 heterocycles. The van der Waals surface area contributed by atoms with Crippen LogP contribution in [0.5, 0.6) is 0 Å². The molecule has 3 rings (SSSR count). The predicted molar refractivity (Wildman–Crippen MR) is 84.1 cm³/mol. The number of carbonyl (C=O) groups is 1. The third kappa shape index (κ3) is 3.01. The number of pyridine rings is 1.